The van der Waals surface area contributed by atoms with Crippen molar-refractivity contribution in [2.75, 3.05) is 18.1 Å². The van der Waals surface area contributed by atoms with Gasteiger partial charge in [0.1, 0.15) is 6.61 Å². The van der Waals surface area contributed by atoms with Crippen LogP contribution in [0, 0.1) is 0 Å². The second-order valence-electron chi connectivity index (χ2n) is 2.44. The maximum absolute atomic E-state index is 10.5. The molecule has 0 spiro atoms. The molecule has 0 saturated carbocycles. The third-order valence-electron chi connectivity index (χ3n) is 1.33. The molecule has 0 atom stereocenters. The molecule has 1 aliphatic rings. The molecule has 1 rings (SSSR count). The minimum absolute atomic E-state index is 0.203. The van der Waals surface area contributed by atoms with Gasteiger partial charge in [0.15, 0.2) is 0 Å². The van der Waals surface area contributed by atoms with Crippen molar-refractivity contribution in [2.24, 2.45) is 0 Å². The SMILES string of the molecule is CC(=O)OCC1=CSCCCS1. The number of hydrogen-bond donors (Lipinski definition) is 0. The van der Waals surface area contributed by atoms with Gasteiger partial charge in [-0.1, -0.05) is 0 Å². The lowest BCUT2D eigenvalue weighted by Gasteiger charge is -2.03. The zero-order valence-corrected chi connectivity index (χ0v) is 8.67. The van der Waals surface area contributed by atoms with Gasteiger partial charge in [-0.15, -0.1) is 23.5 Å². The van der Waals surface area contributed by atoms with Crippen LogP contribution in [0.4, 0.5) is 0 Å². The van der Waals surface area contributed by atoms with Gasteiger partial charge >= 0.3 is 5.97 Å². The van der Waals surface area contributed by atoms with E-state index >= 15 is 0 Å². The Morgan fingerprint density at radius 1 is 1.67 bits per heavy atom. The Kier molecular flexibility index (Phi) is 4.61. The fourth-order valence-electron chi connectivity index (χ4n) is 0.780. The lowest BCUT2D eigenvalue weighted by atomic mass is 10.6. The highest BCUT2D eigenvalue weighted by Gasteiger charge is 2.04. The van der Waals surface area contributed by atoms with E-state index in [0.29, 0.717) is 6.61 Å². The molecule has 12 heavy (non-hydrogen) atoms. The predicted octanol–water partition coefficient (Wildman–Crippen LogP) is 2.26. The highest BCUT2D eigenvalue weighted by atomic mass is 32.2. The van der Waals surface area contributed by atoms with Crippen molar-refractivity contribution in [3.05, 3.63) is 10.3 Å². The highest BCUT2D eigenvalue weighted by Crippen LogP contribution is 2.25. The standard InChI is InChI=1S/C8H12O2S2/c1-7(9)10-5-8-6-11-3-2-4-12-8/h6H,2-5H2,1H3. The molecule has 0 aromatic rings. The normalized spacial score (nSPS) is 17.9. The molecule has 0 aliphatic carbocycles. The molecule has 4 heteroatoms. The monoisotopic (exact) mass is 204 g/mol. The highest BCUT2D eigenvalue weighted by molar-refractivity contribution is 8.06. The van der Waals surface area contributed by atoms with Crippen LogP contribution in [-0.4, -0.2) is 24.1 Å². The first kappa shape index (κ1) is 9.99. The van der Waals surface area contributed by atoms with Crippen LogP contribution in [0.2, 0.25) is 0 Å². The fourth-order valence-corrected chi connectivity index (χ4v) is 2.81. The van der Waals surface area contributed by atoms with Crippen molar-refractivity contribution < 1.29 is 9.53 Å². The van der Waals surface area contributed by atoms with Gasteiger partial charge in [0.2, 0.25) is 0 Å². The van der Waals surface area contributed by atoms with Crippen molar-refractivity contribution in [1.82, 2.24) is 0 Å². The Morgan fingerprint density at radius 3 is 3.25 bits per heavy atom. The number of hydrogen-bond acceptors (Lipinski definition) is 4. The number of carbonyl (C=O) groups is 1. The molecule has 1 heterocycles. The lowest BCUT2D eigenvalue weighted by molar-refractivity contribution is -0.139. The van der Waals surface area contributed by atoms with Crippen LogP contribution in [-0.2, 0) is 9.53 Å². The lowest BCUT2D eigenvalue weighted by Crippen LogP contribution is -2.01. The topological polar surface area (TPSA) is 26.3 Å². The maximum Gasteiger partial charge on any atom is 0.302 e. The number of thioether (sulfide) groups is 2. The zero-order chi connectivity index (χ0) is 8.81. The van der Waals surface area contributed by atoms with Crippen LogP contribution in [0.25, 0.3) is 0 Å². The Balaban J connectivity index is 2.28. The van der Waals surface area contributed by atoms with E-state index in [1.165, 1.54) is 24.0 Å². The van der Waals surface area contributed by atoms with Gasteiger partial charge in [0.25, 0.3) is 0 Å². The molecule has 0 N–H and O–H groups in total. The summed E-state index contributed by atoms with van der Waals surface area (Å²) in [6.45, 7) is 1.89. The van der Waals surface area contributed by atoms with Crippen LogP contribution < -0.4 is 0 Å². The van der Waals surface area contributed by atoms with E-state index in [9.17, 15) is 4.79 Å². The zero-order valence-electron chi connectivity index (χ0n) is 7.04. The van der Waals surface area contributed by atoms with E-state index in [-0.39, 0.29) is 5.97 Å². The summed E-state index contributed by atoms with van der Waals surface area (Å²) in [6, 6.07) is 0. The van der Waals surface area contributed by atoms with E-state index < -0.39 is 0 Å². The van der Waals surface area contributed by atoms with Crippen molar-refractivity contribution in [3.8, 4) is 0 Å². The van der Waals surface area contributed by atoms with Crippen molar-refractivity contribution in [3.63, 3.8) is 0 Å². The van der Waals surface area contributed by atoms with Gasteiger partial charge < -0.3 is 4.74 Å². The van der Waals surface area contributed by atoms with E-state index in [0.717, 1.165) is 5.75 Å². The van der Waals surface area contributed by atoms with Gasteiger partial charge in [-0.2, -0.15) is 0 Å². The summed E-state index contributed by atoms with van der Waals surface area (Å²) in [6.07, 6.45) is 1.23. The van der Waals surface area contributed by atoms with Crippen LogP contribution in [0.1, 0.15) is 13.3 Å². The largest absolute Gasteiger partial charge is 0.460 e. The number of ether oxygens (including phenoxy) is 1. The first-order valence-corrected chi connectivity index (χ1v) is 5.89. The van der Waals surface area contributed by atoms with E-state index in [2.05, 4.69) is 5.41 Å². The second-order valence-corrected chi connectivity index (χ2v) is 4.64. The molecular formula is C8H12O2S2. The van der Waals surface area contributed by atoms with Gasteiger partial charge in [0, 0.05) is 11.8 Å². The molecule has 2 nitrogen and oxygen atoms in total. The average Bonchev–Trinajstić information content (AvgIpc) is 2.28. The molecule has 0 bridgehead atoms. The third-order valence-corrected chi connectivity index (χ3v) is 3.55. The van der Waals surface area contributed by atoms with Crippen LogP contribution >= 0.6 is 23.5 Å². The molecule has 0 fully saturated rings. The maximum atomic E-state index is 10.5. The quantitative estimate of drug-likeness (QED) is 0.645. The average molecular weight is 204 g/mol. The molecule has 0 radical (unpaired) electrons. The van der Waals surface area contributed by atoms with Crippen LogP contribution in [0.15, 0.2) is 10.3 Å². The third kappa shape index (κ3) is 4.07. The molecule has 68 valence electrons. The van der Waals surface area contributed by atoms with E-state index in [1.807, 2.05) is 0 Å². The molecule has 0 aromatic carbocycles. The van der Waals surface area contributed by atoms with E-state index in [4.69, 9.17) is 4.74 Å². The Hall–Kier alpha value is -0.0900. The van der Waals surface area contributed by atoms with Gasteiger partial charge in [0.05, 0.1) is 0 Å². The van der Waals surface area contributed by atoms with Crippen molar-refractivity contribution in [1.29, 1.82) is 0 Å². The molecule has 1 aliphatic heterocycles. The van der Waals surface area contributed by atoms with Gasteiger partial charge in [-0.3, -0.25) is 4.79 Å². The second kappa shape index (κ2) is 5.54. The molecular weight excluding hydrogens is 192 g/mol. The van der Waals surface area contributed by atoms with Gasteiger partial charge in [-0.25, -0.2) is 0 Å². The Morgan fingerprint density at radius 2 is 2.50 bits per heavy atom. The fraction of sp³-hybridized carbons (Fsp3) is 0.625. The summed E-state index contributed by atoms with van der Waals surface area (Å²) in [5, 5.41) is 2.10. The summed E-state index contributed by atoms with van der Waals surface area (Å²) in [4.78, 5) is 11.7. The minimum atomic E-state index is -0.203. The minimum Gasteiger partial charge on any atom is -0.460 e. The number of rotatable bonds is 2. The van der Waals surface area contributed by atoms with Crippen LogP contribution in [0.3, 0.4) is 0 Å². The molecule has 0 amide bonds. The summed E-state index contributed by atoms with van der Waals surface area (Å²) in [5.74, 6) is 2.11. The molecule has 0 unspecified atom stereocenters. The summed E-state index contributed by atoms with van der Waals surface area (Å²) in [5.41, 5.74) is 0. The molecule has 0 saturated heterocycles. The predicted molar refractivity (Wildman–Crippen MR) is 54.2 cm³/mol. The molecule has 0 aromatic heterocycles. The smallest absolute Gasteiger partial charge is 0.302 e. The van der Waals surface area contributed by atoms with E-state index in [1.54, 1.807) is 23.5 Å². The van der Waals surface area contributed by atoms with Crippen LogP contribution in [0.5, 0.6) is 0 Å². The summed E-state index contributed by atoms with van der Waals surface area (Å²) >= 11 is 3.59. The summed E-state index contributed by atoms with van der Waals surface area (Å²) in [7, 11) is 0. The van der Waals surface area contributed by atoms with Gasteiger partial charge in [-0.05, 0) is 23.3 Å². The van der Waals surface area contributed by atoms with Crippen molar-refractivity contribution >= 4 is 29.5 Å². The summed E-state index contributed by atoms with van der Waals surface area (Å²) < 4.78 is 4.90. The number of carbonyl (C=O) groups excluding carboxylic acids is 1. The Labute approximate surface area is 81.1 Å². The van der Waals surface area contributed by atoms with Crippen molar-refractivity contribution in [2.45, 2.75) is 13.3 Å². The first-order valence-electron chi connectivity index (χ1n) is 3.86. The first-order chi connectivity index (χ1) is 5.79. The number of esters is 1. The Bertz CT molecular complexity index is 189.